The van der Waals surface area contributed by atoms with Crippen LogP contribution in [0.25, 0.3) is 10.8 Å². The Bertz CT molecular complexity index is 1700. The molecular weight excluding hydrogens is 589 g/mol. The fourth-order valence-electron chi connectivity index (χ4n) is 4.60. The lowest BCUT2D eigenvalue weighted by atomic mass is 10.1. The highest BCUT2D eigenvalue weighted by Crippen LogP contribution is 2.33. The molecule has 1 aromatic heterocycles. The highest BCUT2D eigenvalue weighted by atomic mass is 19.4. The van der Waals surface area contributed by atoms with Crippen molar-refractivity contribution in [1.29, 1.82) is 0 Å². The van der Waals surface area contributed by atoms with Crippen LogP contribution in [0.3, 0.4) is 0 Å². The van der Waals surface area contributed by atoms with E-state index in [1.165, 1.54) is 25.3 Å². The van der Waals surface area contributed by atoms with Crippen molar-refractivity contribution in [2.75, 3.05) is 24.3 Å². The van der Waals surface area contributed by atoms with Gasteiger partial charge in [-0.25, -0.2) is 0 Å². The second-order valence-corrected chi connectivity index (χ2v) is 9.77. The van der Waals surface area contributed by atoms with Crippen LogP contribution in [0.15, 0.2) is 77.7 Å². The van der Waals surface area contributed by atoms with Crippen molar-refractivity contribution in [3.8, 4) is 24.3 Å². The molecule has 1 heterocycles. The molecule has 0 aliphatic heterocycles. The minimum Gasteiger partial charge on any atom is -0.496 e. The number of halogens is 3. The predicted molar refractivity (Wildman–Crippen MR) is 167 cm³/mol. The number of amides is 2. The van der Waals surface area contributed by atoms with Gasteiger partial charge in [0.15, 0.2) is 0 Å². The number of hydrogen-bond donors (Lipinski definition) is 4. The molecule has 236 valence electrons. The molecular formula is C33H33F3N4O5. The molecule has 0 fully saturated rings. The Balaban J connectivity index is 0.00000271. The summed E-state index contributed by atoms with van der Waals surface area (Å²) >= 11 is 0. The maximum absolute atomic E-state index is 13.1. The van der Waals surface area contributed by atoms with Gasteiger partial charge in [0.05, 0.1) is 19.7 Å². The highest BCUT2D eigenvalue weighted by Gasteiger charge is 2.33. The van der Waals surface area contributed by atoms with E-state index in [9.17, 15) is 27.6 Å². The van der Waals surface area contributed by atoms with Crippen molar-refractivity contribution < 1.29 is 32.2 Å². The van der Waals surface area contributed by atoms with Gasteiger partial charge in [0, 0.05) is 34.9 Å². The number of aromatic nitrogens is 1. The number of carbonyl (C=O) groups is 2. The van der Waals surface area contributed by atoms with Gasteiger partial charge in [-0.3, -0.25) is 14.4 Å². The zero-order valence-corrected chi connectivity index (χ0v) is 24.7. The second-order valence-electron chi connectivity index (χ2n) is 9.77. The zero-order valence-electron chi connectivity index (χ0n) is 24.7. The standard InChI is InChI=1S/C31H31F3N4O5.C2H2/c1-19(37-29(40)18-36-22-11-10-20-14-15-35-30(41)25(20)16-22)24-17-23(12-13-27(24)43-31(32,33)34)38-28(39)9-5-7-21-6-3-4-8-26(21)42-2;1-2/h3-4,6,8,10-17,19,36H,5,7,9,18H2,1-2H3,(H,35,41)(H,37,40)(H,38,39);1-2H/t19-;/m1./s1. The molecule has 4 aromatic rings. The average molecular weight is 623 g/mol. The van der Waals surface area contributed by atoms with E-state index in [1.54, 1.807) is 31.4 Å². The van der Waals surface area contributed by atoms with E-state index < -0.39 is 24.1 Å². The molecule has 4 rings (SSSR count). The van der Waals surface area contributed by atoms with Gasteiger partial charge in [0.1, 0.15) is 11.5 Å². The number of aromatic amines is 1. The first-order valence-corrected chi connectivity index (χ1v) is 13.8. The van der Waals surface area contributed by atoms with E-state index in [-0.39, 0.29) is 35.7 Å². The molecule has 0 spiro atoms. The fraction of sp³-hybridized carbons (Fsp3) is 0.242. The topological polar surface area (TPSA) is 122 Å². The van der Waals surface area contributed by atoms with E-state index >= 15 is 0 Å². The molecule has 0 aliphatic rings. The third-order valence-electron chi connectivity index (χ3n) is 6.63. The molecule has 2 amide bonds. The van der Waals surface area contributed by atoms with Crippen LogP contribution in [0.4, 0.5) is 24.5 Å². The van der Waals surface area contributed by atoms with Crippen LogP contribution < -0.4 is 31.0 Å². The molecule has 9 nitrogen and oxygen atoms in total. The molecule has 0 unspecified atom stereocenters. The van der Waals surface area contributed by atoms with Gasteiger partial charge in [-0.15, -0.1) is 26.0 Å². The molecule has 3 aromatic carbocycles. The number of nitrogens with one attached hydrogen (secondary N) is 4. The number of para-hydroxylation sites is 1. The summed E-state index contributed by atoms with van der Waals surface area (Å²) in [5, 5.41) is 9.42. The minimum absolute atomic E-state index is 0.0229. The van der Waals surface area contributed by atoms with Crippen LogP contribution in [-0.2, 0) is 16.0 Å². The lowest BCUT2D eigenvalue weighted by Gasteiger charge is -2.20. The van der Waals surface area contributed by atoms with Crippen molar-refractivity contribution in [3.63, 3.8) is 0 Å². The Hall–Kier alpha value is -5.44. The van der Waals surface area contributed by atoms with Crippen LogP contribution in [0.5, 0.6) is 11.5 Å². The monoisotopic (exact) mass is 622 g/mol. The lowest BCUT2D eigenvalue weighted by Crippen LogP contribution is -2.32. The number of anilines is 2. The third kappa shape index (κ3) is 10.1. The number of fused-ring (bicyclic) bond motifs is 1. The van der Waals surface area contributed by atoms with Crippen LogP contribution in [0, 0.1) is 12.8 Å². The Labute approximate surface area is 258 Å². The first-order valence-electron chi connectivity index (χ1n) is 13.8. The summed E-state index contributed by atoms with van der Waals surface area (Å²) in [6.07, 6.45) is 5.88. The largest absolute Gasteiger partial charge is 0.573 e. The maximum atomic E-state index is 13.1. The summed E-state index contributed by atoms with van der Waals surface area (Å²) in [4.78, 5) is 39.9. The number of aryl methyl sites for hydroxylation is 1. The number of terminal acetylenes is 1. The number of benzene rings is 3. The normalized spacial score (nSPS) is 11.4. The van der Waals surface area contributed by atoms with E-state index in [4.69, 9.17) is 4.74 Å². The van der Waals surface area contributed by atoms with E-state index in [2.05, 4.69) is 38.5 Å². The number of alkyl halides is 3. The third-order valence-corrected chi connectivity index (χ3v) is 6.63. The summed E-state index contributed by atoms with van der Waals surface area (Å²) in [6.45, 7) is 1.30. The Morgan fingerprint density at radius 3 is 2.42 bits per heavy atom. The SMILES string of the molecule is C#C.COc1ccccc1CCCC(=O)Nc1ccc(OC(F)(F)F)c([C@@H](C)NC(=O)CNc2ccc3cc[nH]c(=O)c3c2)c1. The first kappa shape index (κ1) is 34.1. The van der Waals surface area contributed by atoms with E-state index in [0.29, 0.717) is 23.9 Å². The molecule has 1 atom stereocenters. The van der Waals surface area contributed by atoms with Crippen molar-refractivity contribution >= 4 is 34.0 Å². The number of hydrogen-bond acceptors (Lipinski definition) is 6. The van der Waals surface area contributed by atoms with Crippen LogP contribution in [0.2, 0.25) is 0 Å². The summed E-state index contributed by atoms with van der Waals surface area (Å²) in [5.41, 5.74) is 1.48. The zero-order chi connectivity index (χ0) is 33.0. The number of rotatable bonds is 12. The summed E-state index contributed by atoms with van der Waals surface area (Å²) < 4.78 is 48.9. The predicted octanol–water partition coefficient (Wildman–Crippen LogP) is 5.94. The van der Waals surface area contributed by atoms with Gasteiger partial charge in [0.25, 0.3) is 5.56 Å². The molecule has 0 saturated carbocycles. The van der Waals surface area contributed by atoms with Crippen molar-refractivity contribution in [2.24, 2.45) is 0 Å². The van der Waals surface area contributed by atoms with Crippen LogP contribution in [-0.4, -0.2) is 36.8 Å². The molecule has 0 aliphatic carbocycles. The number of methoxy groups -OCH3 is 1. The van der Waals surface area contributed by atoms with Gasteiger partial charge in [-0.1, -0.05) is 24.3 Å². The molecule has 0 saturated heterocycles. The smallest absolute Gasteiger partial charge is 0.496 e. The van der Waals surface area contributed by atoms with Crippen LogP contribution >= 0.6 is 0 Å². The number of carbonyl (C=O) groups excluding carboxylic acids is 2. The van der Waals surface area contributed by atoms with Crippen molar-refractivity contribution in [1.82, 2.24) is 10.3 Å². The second kappa shape index (κ2) is 15.9. The number of pyridine rings is 1. The van der Waals surface area contributed by atoms with Crippen molar-refractivity contribution in [2.45, 2.75) is 38.6 Å². The fourth-order valence-corrected chi connectivity index (χ4v) is 4.60. The van der Waals surface area contributed by atoms with Crippen LogP contribution in [0.1, 0.15) is 36.9 Å². The quantitative estimate of drug-likeness (QED) is 0.145. The highest BCUT2D eigenvalue weighted by molar-refractivity contribution is 5.91. The van der Waals surface area contributed by atoms with Gasteiger partial charge in [-0.05, 0) is 73.2 Å². The molecule has 12 heteroatoms. The van der Waals surface area contributed by atoms with Crippen molar-refractivity contribution in [3.05, 3.63) is 94.4 Å². The molecule has 0 radical (unpaired) electrons. The van der Waals surface area contributed by atoms with Gasteiger partial charge >= 0.3 is 6.36 Å². The maximum Gasteiger partial charge on any atom is 0.573 e. The molecule has 0 bridgehead atoms. The minimum atomic E-state index is -4.96. The Kier molecular flexibility index (Phi) is 12.0. The first-order chi connectivity index (χ1) is 21.5. The van der Waals surface area contributed by atoms with E-state index in [1.807, 2.05) is 24.3 Å². The lowest BCUT2D eigenvalue weighted by molar-refractivity contribution is -0.275. The Morgan fingerprint density at radius 2 is 1.69 bits per heavy atom. The van der Waals surface area contributed by atoms with E-state index in [0.717, 1.165) is 22.8 Å². The van der Waals surface area contributed by atoms with Gasteiger partial charge < -0.3 is 30.4 Å². The number of ether oxygens (including phenoxy) is 2. The summed E-state index contributed by atoms with van der Waals surface area (Å²) in [7, 11) is 1.57. The summed E-state index contributed by atoms with van der Waals surface area (Å²) in [5.74, 6) is -0.610. The summed E-state index contributed by atoms with van der Waals surface area (Å²) in [6, 6.07) is 17.1. The van der Waals surface area contributed by atoms with Gasteiger partial charge in [0.2, 0.25) is 11.8 Å². The average Bonchev–Trinajstić information content (AvgIpc) is 3.01. The molecule has 45 heavy (non-hydrogen) atoms. The Morgan fingerprint density at radius 1 is 0.956 bits per heavy atom. The van der Waals surface area contributed by atoms with Gasteiger partial charge in [-0.2, -0.15) is 0 Å². The molecule has 4 N–H and O–H groups in total. The number of H-pyrrole nitrogens is 1.